The van der Waals surface area contributed by atoms with Crippen LogP contribution in [0.3, 0.4) is 0 Å². The summed E-state index contributed by atoms with van der Waals surface area (Å²) in [6, 6.07) is -1.97. The van der Waals surface area contributed by atoms with Crippen molar-refractivity contribution in [2.75, 3.05) is 60.5 Å². The van der Waals surface area contributed by atoms with Crippen LogP contribution in [0.15, 0.2) is 59.8 Å². The van der Waals surface area contributed by atoms with E-state index in [1.807, 2.05) is 44.2 Å². The van der Waals surface area contributed by atoms with Gasteiger partial charge in [-0.2, -0.15) is 4.31 Å². The first-order chi connectivity index (χ1) is 35.4. The fraction of sp³-hybridized carbons (Fsp3) is 0.754. The highest BCUT2D eigenvalue weighted by Crippen LogP contribution is 2.39. The Balaban J connectivity index is 1.76. The second-order valence-electron chi connectivity index (χ2n) is 21.9. The minimum atomic E-state index is -3.87. The van der Waals surface area contributed by atoms with Crippen molar-refractivity contribution in [2.24, 2.45) is 35.5 Å². The molecule has 15 unspecified atom stereocenters. The molecule has 0 radical (unpaired) electrons. The number of rotatable bonds is 13. The maximum Gasteiger partial charge on any atom is 0.329 e. The van der Waals surface area contributed by atoms with Gasteiger partial charge in [0.25, 0.3) is 11.7 Å². The molecule has 0 spiro atoms. The van der Waals surface area contributed by atoms with E-state index in [1.165, 1.54) is 25.6 Å². The molecule has 2 bridgehead atoms. The molecular formula is C57H92N2O15S. The monoisotopic (exact) mass is 1080 g/mol. The first-order valence-electron chi connectivity index (χ1n) is 27.2. The summed E-state index contributed by atoms with van der Waals surface area (Å²) in [6.45, 7) is 17.4. The van der Waals surface area contributed by atoms with E-state index < -0.39 is 81.8 Å². The van der Waals surface area contributed by atoms with Crippen LogP contribution >= 0.6 is 0 Å². The molecule has 3 aliphatic heterocycles. The van der Waals surface area contributed by atoms with Gasteiger partial charge in [-0.3, -0.25) is 14.4 Å². The molecule has 0 aromatic carbocycles. The molecule has 17 nitrogen and oxygen atoms in total. The lowest BCUT2D eigenvalue weighted by Crippen LogP contribution is -2.61. The van der Waals surface area contributed by atoms with E-state index in [1.54, 1.807) is 40.9 Å². The van der Waals surface area contributed by atoms with Crippen molar-refractivity contribution in [1.82, 2.24) is 9.21 Å². The lowest BCUT2D eigenvalue weighted by atomic mass is 9.78. The van der Waals surface area contributed by atoms with Gasteiger partial charge in [-0.1, -0.05) is 83.2 Å². The van der Waals surface area contributed by atoms with Crippen molar-refractivity contribution >= 4 is 33.5 Å². The molecule has 3 heterocycles. The summed E-state index contributed by atoms with van der Waals surface area (Å²) in [6.07, 6.45) is 12.2. The van der Waals surface area contributed by atoms with Gasteiger partial charge in [-0.25, -0.2) is 13.2 Å². The Hall–Kier alpha value is -3.43. The predicted octanol–water partition coefficient (Wildman–Crippen LogP) is 6.45. The summed E-state index contributed by atoms with van der Waals surface area (Å²) < 4.78 is 63.8. The van der Waals surface area contributed by atoms with Crippen LogP contribution in [0.2, 0.25) is 0 Å². The first-order valence-corrected chi connectivity index (χ1v) is 28.8. The number of cyclic esters (lactones) is 1. The predicted molar refractivity (Wildman–Crippen MR) is 287 cm³/mol. The quantitative estimate of drug-likeness (QED) is 0.102. The third kappa shape index (κ3) is 17.5. The van der Waals surface area contributed by atoms with Crippen molar-refractivity contribution in [1.29, 1.82) is 0 Å². The lowest BCUT2D eigenvalue weighted by Gasteiger charge is -2.43. The highest BCUT2D eigenvalue weighted by atomic mass is 32.2. The number of esters is 1. The summed E-state index contributed by atoms with van der Waals surface area (Å²) in [7, 11) is 2.17. The number of carbonyl (C=O) groups excluding carboxylic acids is 4. The lowest BCUT2D eigenvalue weighted by molar-refractivity contribution is -0.264. The highest BCUT2D eigenvalue weighted by Gasteiger charge is 2.53. The number of ketones is 2. The van der Waals surface area contributed by atoms with Crippen LogP contribution in [0.5, 0.6) is 0 Å². The van der Waals surface area contributed by atoms with Crippen LogP contribution in [0.4, 0.5) is 0 Å². The van der Waals surface area contributed by atoms with Crippen LogP contribution in [0.25, 0.3) is 0 Å². The van der Waals surface area contributed by atoms with Crippen molar-refractivity contribution in [3.8, 4) is 0 Å². The van der Waals surface area contributed by atoms with Gasteiger partial charge >= 0.3 is 5.97 Å². The smallest absolute Gasteiger partial charge is 0.329 e. The number of Topliss-reactive ketones (excluding diaryl/α,β-unsaturated/α-hetero) is 2. The largest absolute Gasteiger partial charge is 0.460 e. The number of methoxy groups -OCH3 is 3. The molecule has 2 saturated heterocycles. The number of carbonyl (C=O) groups is 4. The van der Waals surface area contributed by atoms with Gasteiger partial charge in [0.15, 0.2) is 0 Å². The molecule has 75 heavy (non-hydrogen) atoms. The number of amides is 1. The van der Waals surface area contributed by atoms with E-state index in [9.17, 15) is 42.9 Å². The second kappa shape index (κ2) is 30.1. The number of hydrogen-bond acceptors (Lipinski definition) is 15. The minimum Gasteiger partial charge on any atom is -0.460 e. The molecule has 15 atom stereocenters. The molecule has 1 amide bonds. The summed E-state index contributed by atoms with van der Waals surface area (Å²) in [5.41, 5.74) is 1.88. The average molecular weight is 1080 g/mol. The molecule has 0 aromatic rings. The van der Waals surface area contributed by atoms with Gasteiger partial charge < -0.3 is 48.6 Å². The number of nitrogens with zero attached hydrogens (tertiary/aromatic N) is 2. The molecule has 4 aliphatic rings. The number of hydrogen-bond donors (Lipinski definition) is 3. The Labute approximate surface area is 448 Å². The van der Waals surface area contributed by atoms with Gasteiger partial charge in [0.2, 0.25) is 15.8 Å². The number of ether oxygens (including phenoxy) is 6. The van der Waals surface area contributed by atoms with E-state index in [4.69, 9.17) is 28.4 Å². The number of piperidine rings is 1. The van der Waals surface area contributed by atoms with Gasteiger partial charge in [-0.05, 0) is 119 Å². The summed E-state index contributed by atoms with van der Waals surface area (Å²) in [5, 5.41) is 33.3. The molecule has 18 heteroatoms. The Morgan fingerprint density at radius 1 is 0.907 bits per heavy atom. The normalized spacial score (nSPS) is 36.9. The molecule has 1 aliphatic carbocycles. The van der Waals surface area contributed by atoms with E-state index >= 15 is 0 Å². The number of allylic oxidation sites excluding steroid dienone is 6. The van der Waals surface area contributed by atoms with Gasteiger partial charge in [0.1, 0.15) is 30.1 Å². The molecule has 4 rings (SSSR count). The molecule has 3 fully saturated rings. The average Bonchev–Trinajstić information content (AvgIpc) is 3.38. The van der Waals surface area contributed by atoms with Gasteiger partial charge in [-0.15, -0.1) is 0 Å². The minimum absolute atomic E-state index is 0.0319. The van der Waals surface area contributed by atoms with E-state index in [0.717, 1.165) is 11.3 Å². The topological polar surface area (TPSA) is 225 Å². The molecule has 0 aromatic heterocycles. The first kappa shape index (κ1) is 64.1. The summed E-state index contributed by atoms with van der Waals surface area (Å²) in [4.78, 5) is 59.1. The van der Waals surface area contributed by atoms with Crippen LogP contribution < -0.4 is 0 Å². The van der Waals surface area contributed by atoms with E-state index in [2.05, 4.69) is 13.5 Å². The Kier molecular flexibility index (Phi) is 25.7. The standard InChI is InChI=1S/C57H92N2O15S/c1-36-18-14-13-15-19-37(2)47(58(9)75(67,68)29-28-69-10)34-45-23-21-42(7)57(66,74-45)54(63)55(64)59-25-17-16-20-46(59)56(65)73-50(40(5)32-44-22-24-49(72-27-26-60)51(33-44)70-11)35-48(61)39(4)31-41(6)52(62)53(71-12)43(8)38(3)30-36/h13-15,18-19,31,36,38-40,42,44-47,49-53,60,62,66H,8,16-17,20-30,32-35H2,1-7,9-12H3/b15-13+,18-14+,37-19+,41-31+. The fourth-order valence-corrected chi connectivity index (χ4v) is 12.6. The van der Waals surface area contributed by atoms with Crippen molar-refractivity contribution in [3.63, 3.8) is 0 Å². The number of likely N-dealkylation sites (N-methyl/N-ethyl adjacent to an activating group) is 1. The molecule has 3 N–H and O–H groups in total. The van der Waals surface area contributed by atoms with Crippen molar-refractivity contribution in [3.05, 3.63) is 59.8 Å². The van der Waals surface area contributed by atoms with Gasteiger partial charge in [0.05, 0.1) is 43.9 Å². The zero-order chi connectivity index (χ0) is 55.8. The Morgan fingerprint density at radius 3 is 2.29 bits per heavy atom. The second-order valence-corrected chi connectivity index (χ2v) is 24.1. The van der Waals surface area contributed by atoms with Gasteiger partial charge in [0, 0.05) is 59.2 Å². The molecule has 1 saturated carbocycles. The Morgan fingerprint density at radius 2 is 1.63 bits per heavy atom. The summed E-state index contributed by atoms with van der Waals surface area (Å²) in [5.74, 6) is -7.93. The number of aliphatic hydroxyl groups is 3. The third-order valence-electron chi connectivity index (χ3n) is 16.3. The van der Waals surface area contributed by atoms with Crippen LogP contribution in [-0.4, -0.2) is 171 Å². The third-order valence-corrected chi connectivity index (χ3v) is 18.1. The zero-order valence-corrected chi connectivity index (χ0v) is 47.6. The SMILES string of the molecule is C=C1C(C)CC(C)/C=C/C=C/C=C(\C)C(N(C)S(=O)(=O)CCOC)CC2CCC(C)C(O)(O2)C(=O)C(=O)N2CCCCC2C(=O)OC(C(C)CC2CCC(OCCO)C(OC)C2)CC(=O)C(C)/C=C(\C)C(O)C1OC. The fourth-order valence-electron chi connectivity index (χ4n) is 11.3. The van der Waals surface area contributed by atoms with Crippen LogP contribution in [0.1, 0.15) is 126 Å². The van der Waals surface area contributed by atoms with E-state index in [-0.39, 0.29) is 99.5 Å². The van der Waals surface area contributed by atoms with Crippen LogP contribution in [-0.2, 0) is 57.6 Å². The van der Waals surface area contributed by atoms with Crippen molar-refractivity contribution < 1.29 is 71.3 Å². The Bertz CT molecular complexity index is 2140. The molecule has 426 valence electrons. The maximum absolute atomic E-state index is 14.6. The maximum atomic E-state index is 14.6. The highest BCUT2D eigenvalue weighted by molar-refractivity contribution is 7.89. The van der Waals surface area contributed by atoms with E-state index in [0.29, 0.717) is 61.7 Å². The molecular weight excluding hydrogens is 985 g/mol. The zero-order valence-electron chi connectivity index (χ0n) is 46.8. The number of sulfonamides is 1. The summed E-state index contributed by atoms with van der Waals surface area (Å²) >= 11 is 0. The van der Waals surface area contributed by atoms with Crippen molar-refractivity contribution in [2.45, 2.75) is 180 Å². The number of aliphatic hydroxyl groups excluding tert-OH is 2. The number of fused-ring (bicyclic) bond motifs is 3. The van der Waals surface area contributed by atoms with Crippen LogP contribution in [0, 0.1) is 35.5 Å².